The number of carboxylic acid groups (broad SMARTS) is 1. The van der Waals surface area contributed by atoms with Crippen molar-refractivity contribution in [1.29, 1.82) is 0 Å². The van der Waals surface area contributed by atoms with E-state index in [-0.39, 0.29) is 5.92 Å². The predicted octanol–water partition coefficient (Wildman–Crippen LogP) is 0.0366. The Kier molecular flexibility index (Phi) is 6.15. The molecule has 1 amide bonds. The van der Waals surface area contributed by atoms with Crippen LogP contribution in [0.2, 0.25) is 0 Å². The van der Waals surface area contributed by atoms with Gasteiger partial charge in [0.1, 0.15) is 5.75 Å². The topological polar surface area (TPSA) is 101 Å². The van der Waals surface area contributed by atoms with Crippen LogP contribution in [0.3, 0.4) is 0 Å². The first-order valence-corrected chi connectivity index (χ1v) is 7.06. The van der Waals surface area contributed by atoms with Crippen LogP contribution in [0, 0.1) is 5.92 Å². The minimum absolute atomic E-state index is 0.234. The Morgan fingerprint density at radius 1 is 1.24 bits per heavy atom. The van der Waals surface area contributed by atoms with Crippen molar-refractivity contribution >= 4 is 21.7 Å². The van der Waals surface area contributed by atoms with Gasteiger partial charge in [0.15, 0.2) is 9.84 Å². The molecule has 0 rings (SSSR count). The summed E-state index contributed by atoms with van der Waals surface area (Å²) in [6.45, 7) is 5.48. The van der Waals surface area contributed by atoms with Crippen LogP contribution in [0.15, 0.2) is 0 Å². The molecule has 0 aliphatic rings. The maximum Gasteiger partial charge on any atom is 0.304 e. The second-order valence-corrected chi connectivity index (χ2v) is 6.83. The Labute approximate surface area is 101 Å². The van der Waals surface area contributed by atoms with Crippen LogP contribution in [-0.4, -0.2) is 42.9 Å². The van der Waals surface area contributed by atoms with Gasteiger partial charge in [-0.15, -0.1) is 0 Å². The molecule has 0 fully saturated rings. The fraction of sp³-hybridized carbons (Fsp3) is 0.800. The standard InChI is InChI=1S/C10H19NO5S/c1-7(2)5-11-9(12)6-17(15,16)8(3)4-10(13)14/h7-8H,4-6H2,1-3H3,(H,11,12)(H,13,14). The van der Waals surface area contributed by atoms with E-state index in [1.165, 1.54) is 6.92 Å². The maximum absolute atomic E-state index is 11.6. The van der Waals surface area contributed by atoms with Gasteiger partial charge in [0, 0.05) is 6.54 Å². The molecule has 0 aromatic carbocycles. The minimum Gasteiger partial charge on any atom is -0.481 e. The van der Waals surface area contributed by atoms with Crippen LogP contribution >= 0.6 is 0 Å². The van der Waals surface area contributed by atoms with Crippen LogP contribution in [0.1, 0.15) is 27.2 Å². The molecule has 0 saturated heterocycles. The van der Waals surface area contributed by atoms with E-state index in [1.54, 1.807) is 0 Å². The van der Waals surface area contributed by atoms with Crippen LogP contribution in [0.5, 0.6) is 0 Å². The molecule has 0 heterocycles. The van der Waals surface area contributed by atoms with Crippen LogP contribution in [0.25, 0.3) is 0 Å². The average molecular weight is 265 g/mol. The summed E-state index contributed by atoms with van der Waals surface area (Å²) in [4.78, 5) is 21.7. The third-order valence-corrected chi connectivity index (χ3v) is 4.17. The summed E-state index contributed by atoms with van der Waals surface area (Å²) in [5.74, 6) is -2.20. The lowest BCUT2D eigenvalue weighted by atomic mass is 10.2. The second-order valence-electron chi connectivity index (χ2n) is 4.41. The normalized spacial score (nSPS) is 13.4. The molecule has 2 N–H and O–H groups in total. The summed E-state index contributed by atoms with van der Waals surface area (Å²) in [5, 5.41) is 9.92. The number of rotatable bonds is 7. The van der Waals surface area contributed by atoms with Crippen molar-refractivity contribution in [3.05, 3.63) is 0 Å². The fourth-order valence-electron chi connectivity index (χ4n) is 1.07. The van der Waals surface area contributed by atoms with Crippen molar-refractivity contribution in [2.75, 3.05) is 12.3 Å². The van der Waals surface area contributed by atoms with E-state index in [0.717, 1.165) is 0 Å². The highest BCUT2D eigenvalue weighted by Crippen LogP contribution is 2.06. The van der Waals surface area contributed by atoms with E-state index in [2.05, 4.69) is 5.32 Å². The van der Waals surface area contributed by atoms with Crippen molar-refractivity contribution in [1.82, 2.24) is 5.32 Å². The zero-order chi connectivity index (χ0) is 13.6. The van der Waals surface area contributed by atoms with Gasteiger partial charge in [-0.2, -0.15) is 0 Å². The van der Waals surface area contributed by atoms with Crippen molar-refractivity contribution < 1.29 is 23.1 Å². The first-order valence-electron chi connectivity index (χ1n) is 5.35. The largest absolute Gasteiger partial charge is 0.481 e. The second kappa shape index (κ2) is 6.58. The quantitative estimate of drug-likeness (QED) is 0.676. The van der Waals surface area contributed by atoms with Crippen LogP contribution < -0.4 is 5.32 Å². The number of sulfone groups is 1. The molecule has 100 valence electrons. The van der Waals surface area contributed by atoms with E-state index < -0.39 is 39.1 Å². The number of carbonyl (C=O) groups excluding carboxylic acids is 1. The van der Waals surface area contributed by atoms with Crippen LogP contribution in [0.4, 0.5) is 0 Å². The fourth-order valence-corrected chi connectivity index (χ4v) is 2.22. The number of hydrogen-bond donors (Lipinski definition) is 2. The number of hydrogen-bond acceptors (Lipinski definition) is 4. The molecule has 0 spiro atoms. The first kappa shape index (κ1) is 15.9. The summed E-state index contributed by atoms with van der Waals surface area (Å²) in [6.07, 6.45) is -0.486. The van der Waals surface area contributed by atoms with E-state index >= 15 is 0 Å². The molecule has 0 saturated carbocycles. The highest BCUT2D eigenvalue weighted by Gasteiger charge is 2.26. The van der Waals surface area contributed by atoms with Gasteiger partial charge in [-0.1, -0.05) is 13.8 Å². The number of carboxylic acids is 1. The van der Waals surface area contributed by atoms with Crippen molar-refractivity contribution in [2.45, 2.75) is 32.4 Å². The SMILES string of the molecule is CC(C)CNC(=O)CS(=O)(=O)C(C)CC(=O)O. The lowest BCUT2D eigenvalue weighted by Crippen LogP contribution is -2.36. The summed E-state index contributed by atoms with van der Waals surface area (Å²) in [6, 6.07) is 0. The summed E-state index contributed by atoms with van der Waals surface area (Å²) >= 11 is 0. The molecule has 17 heavy (non-hydrogen) atoms. The van der Waals surface area contributed by atoms with Crippen molar-refractivity contribution in [3.63, 3.8) is 0 Å². The Morgan fingerprint density at radius 3 is 2.18 bits per heavy atom. The van der Waals surface area contributed by atoms with Gasteiger partial charge in [-0.3, -0.25) is 9.59 Å². The first-order chi connectivity index (χ1) is 7.65. The number of carbonyl (C=O) groups is 2. The predicted molar refractivity (Wildman–Crippen MR) is 63.3 cm³/mol. The third kappa shape index (κ3) is 6.93. The van der Waals surface area contributed by atoms with E-state index in [9.17, 15) is 18.0 Å². The zero-order valence-corrected chi connectivity index (χ0v) is 11.1. The van der Waals surface area contributed by atoms with Gasteiger partial charge < -0.3 is 10.4 Å². The molecule has 7 heteroatoms. The number of nitrogens with one attached hydrogen (secondary N) is 1. The molecule has 0 aromatic rings. The zero-order valence-electron chi connectivity index (χ0n) is 10.3. The van der Waals surface area contributed by atoms with E-state index in [1.807, 2.05) is 13.8 Å². The van der Waals surface area contributed by atoms with Crippen molar-refractivity contribution in [2.24, 2.45) is 5.92 Å². The summed E-state index contributed by atoms with van der Waals surface area (Å²) < 4.78 is 23.2. The van der Waals surface area contributed by atoms with Gasteiger partial charge in [0.2, 0.25) is 5.91 Å². The Balaban J connectivity index is 4.34. The highest BCUT2D eigenvalue weighted by atomic mass is 32.2. The van der Waals surface area contributed by atoms with Crippen molar-refractivity contribution in [3.8, 4) is 0 Å². The third-order valence-electron chi connectivity index (χ3n) is 2.11. The summed E-state index contributed by atoms with van der Waals surface area (Å²) in [5.41, 5.74) is 0. The molecule has 6 nitrogen and oxygen atoms in total. The van der Waals surface area contributed by atoms with Gasteiger partial charge in [0.05, 0.1) is 11.7 Å². The maximum atomic E-state index is 11.6. The molecule has 0 bridgehead atoms. The van der Waals surface area contributed by atoms with Gasteiger partial charge in [0.25, 0.3) is 0 Å². The molecule has 1 atom stereocenters. The van der Waals surface area contributed by atoms with Gasteiger partial charge in [-0.05, 0) is 12.8 Å². The lowest BCUT2D eigenvalue weighted by molar-refractivity contribution is -0.137. The number of aliphatic carboxylic acids is 1. The molecular weight excluding hydrogens is 246 g/mol. The summed E-state index contributed by atoms with van der Waals surface area (Å²) in [7, 11) is -3.70. The van der Waals surface area contributed by atoms with E-state index in [0.29, 0.717) is 6.54 Å². The monoisotopic (exact) mass is 265 g/mol. The lowest BCUT2D eigenvalue weighted by Gasteiger charge is -2.11. The molecule has 0 radical (unpaired) electrons. The molecular formula is C10H19NO5S. The van der Waals surface area contributed by atoms with Crippen LogP contribution in [-0.2, 0) is 19.4 Å². The Hall–Kier alpha value is -1.11. The Morgan fingerprint density at radius 2 is 1.76 bits per heavy atom. The molecule has 1 unspecified atom stereocenters. The Bertz CT molecular complexity index is 374. The number of amides is 1. The molecule has 0 aliphatic heterocycles. The smallest absolute Gasteiger partial charge is 0.304 e. The molecule has 0 aromatic heterocycles. The van der Waals surface area contributed by atoms with Gasteiger partial charge >= 0.3 is 5.97 Å². The minimum atomic E-state index is -3.70. The highest BCUT2D eigenvalue weighted by molar-refractivity contribution is 7.92. The average Bonchev–Trinajstić information content (AvgIpc) is 2.12. The molecule has 0 aliphatic carbocycles. The van der Waals surface area contributed by atoms with Gasteiger partial charge in [-0.25, -0.2) is 8.42 Å². The van der Waals surface area contributed by atoms with E-state index in [4.69, 9.17) is 5.11 Å².